The monoisotopic (exact) mass is 268 g/mol. The van der Waals surface area contributed by atoms with E-state index in [1.807, 2.05) is 19.4 Å². The molecule has 2 N–H and O–H groups in total. The van der Waals surface area contributed by atoms with Crippen molar-refractivity contribution in [3.63, 3.8) is 0 Å². The zero-order chi connectivity index (χ0) is 13.0. The number of aromatic nitrogens is 2. The summed E-state index contributed by atoms with van der Waals surface area (Å²) < 4.78 is 5.74. The lowest BCUT2D eigenvalue weighted by Crippen LogP contribution is -2.33. The number of hydrogen-bond donors (Lipinski definition) is 1. The topological polar surface area (TPSA) is 64.3 Å². The number of nitrogens with zero attached hydrogens (tertiary/aromatic N) is 3. The molecule has 1 saturated heterocycles. The second kappa shape index (κ2) is 6.24. The highest BCUT2D eigenvalue weighted by atomic mass is 32.2. The molecule has 100 valence electrons. The van der Waals surface area contributed by atoms with Crippen LogP contribution in [-0.2, 0) is 4.74 Å². The Morgan fingerprint density at radius 3 is 3.00 bits per heavy atom. The maximum atomic E-state index is 5.78. The SMILES string of the molecule is CSc1nc(N)cc(N(C)CC2CCCCO2)n1. The highest BCUT2D eigenvalue weighted by molar-refractivity contribution is 7.98. The largest absolute Gasteiger partial charge is 0.383 e. The molecule has 2 rings (SSSR count). The third-order valence-corrected chi connectivity index (χ3v) is 3.58. The van der Waals surface area contributed by atoms with Crippen LogP contribution in [-0.4, -0.2) is 42.5 Å². The van der Waals surface area contributed by atoms with E-state index in [2.05, 4.69) is 14.9 Å². The number of hydrogen-bond acceptors (Lipinski definition) is 6. The lowest BCUT2D eigenvalue weighted by Gasteiger charge is -2.28. The Bertz CT molecular complexity index is 396. The first kappa shape index (κ1) is 13.4. The van der Waals surface area contributed by atoms with E-state index in [9.17, 15) is 0 Å². The zero-order valence-corrected chi connectivity index (χ0v) is 11.7. The molecule has 1 aromatic rings. The Morgan fingerprint density at radius 2 is 2.33 bits per heavy atom. The molecule has 0 spiro atoms. The summed E-state index contributed by atoms with van der Waals surface area (Å²) >= 11 is 1.50. The highest BCUT2D eigenvalue weighted by Crippen LogP contribution is 2.20. The van der Waals surface area contributed by atoms with Crippen LogP contribution in [0, 0.1) is 0 Å². The van der Waals surface area contributed by atoms with Gasteiger partial charge in [0.15, 0.2) is 5.16 Å². The Morgan fingerprint density at radius 1 is 1.50 bits per heavy atom. The van der Waals surface area contributed by atoms with E-state index in [1.165, 1.54) is 24.6 Å². The van der Waals surface area contributed by atoms with Crippen LogP contribution in [0.2, 0.25) is 0 Å². The van der Waals surface area contributed by atoms with Gasteiger partial charge >= 0.3 is 0 Å². The van der Waals surface area contributed by atoms with Crippen molar-refractivity contribution >= 4 is 23.4 Å². The van der Waals surface area contributed by atoms with Crippen molar-refractivity contribution in [1.82, 2.24) is 9.97 Å². The van der Waals surface area contributed by atoms with Gasteiger partial charge in [-0.15, -0.1) is 0 Å². The number of ether oxygens (including phenoxy) is 1. The molecule has 6 heteroatoms. The minimum Gasteiger partial charge on any atom is -0.383 e. The van der Waals surface area contributed by atoms with Gasteiger partial charge in [-0.25, -0.2) is 9.97 Å². The molecule has 18 heavy (non-hydrogen) atoms. The van der Waals surface area contributed by atoms with Gasteiger partial charge in [0.05, 0.1) is 6.10 Å². The number of likely N-dealkylation sites (N-methyl/N-ethyl adjacent to an activating group) is 1. The fraction of sp³-hybridized carbons (Fsp3) is 0.667. The van der Waals surface area contributed by atoms with Crippen molar-refractivity contribution in [2.24, 2.45) is 0 Å². The molecule has 1 fully saturated rings. The van der Waals surface area contributed by atoms with Crippen LogP contribution in [0.3, 0.4) is 0 Å². The molecule has 2 heterocycles. The van der Waals surface area contributed by atoms with Gasteiger partial charge in [0.2, 0.25) is 0 Å². The molecule has 0 aromatic carbocycles. The third-order valence-electron chi connectivity index (χ3n) is 3.04. The van der Waals surface area contributed by atoms with Crippen molar-refractivity contribution < 1.29 is 4.74 Å². The van der Waals surface area contributed by atoms with Crippen molar-refractivity contribution in [2.45, 2.75) is 30.5 Å². The van der Waals surface area contributed by atoms with Crippen LogP contribution in [0.5, 0.6) is 0 Å². The highest BCUT2D eigenvalue weighted by Gasteiger charge is 2.17. The molecule has 1 aliphatic rings. The number of nitrogens with two attached hydrogens (primary N) is 1. The molecule has 1 aliphatic heterocycles. The van der Waals surface area contributed by atoms with E-state index in [0.29, 0.717) is 17.1 Å². The lowest BCUT2D eigenvalue weighted by atomic mass is 10.1. The maximum absolute atomic E-state index is 5.78. The average Bonchev–Trinajstić information content (AvgIpc) is 2.39. The van der Waals surface area contributed by atoms with Crippen LogP contribution in [0.1, 0.15) is 19.3 Å². The summed E-state index contributed by atoms with van der Waals surface area (Å²) in [6, 6.07) is 1.81. The zero-order valence-electron chi connectivity index (χ0n) is 10.9. The van der Waals surface area contributed by atoms with E-state index in [1.54, 1.807) is 0 Å². The quantitative estimate of drug-likeness (QED) is 0.663. The Labute approximate surface area is 112 Å². The summed E-state index contributed by atoms with van der Waals surface area (Å²) in [5.74, 6) is 1.38. The van der Waals surface area contributed by atoms with Gasteiger partial charge in [0.1, 0.15) is 11.6 Å². The van der Waals surface area contributed by atoms with Crippen molar-refractivity contribution in [2.75, 3.05) is 37.1 Å². The average molecular weight is 268 g/mol. The predicted molar refractivity (Wildman–Crippen MR) is 75.1 cm³/mol. The molecule has 5 nitrogen and oxygen atoms in total. The molecular formula is C12H20N4OS. The van der Waals surface area contributed by atoms with E-state index < -0.39 is 0 Å². The summed E-state index contributed by atoms with van der Waals surface area (Å²) in [7, 11) is 2.02. The van der Waals surface area contributed by atoms with E-state index in [-0.39, 0.29) is 0 Å². The second-order valence-electron chi connectivity index (χ2n) is 4.51. The van der Waals surface area contributed by atoms with Gasteiger partial charge in [0.25, 0.3) is 0 Å². The standard InChI is InChI=1S/C12H20N4OS/c1-16(8-9-5-3-4-6-17-9)11-7-10(13)14-12(15-11)18-2/h7,9H,3-6,8H2,1-2H3,(H2,13,14,15). The Balaban J connectivity index is 2.02. The van der Waals surface area contributed by atoms with E-state index in [4.69, 9.17) is 10.5 Å². The first-order chi connectivity index (χ1) is 8.69. The van der Waals surface area contributed by atoms with E-state index >= 15 is 0 Å². The molecule has 1 unspecified atom stereocenters. The Kier molecular flexibility index (Phi) is 4.66. The predicted octanol–water partition coefficient (Wildman–Crippen LogP) is 1.79. The van der Waals surface area contributed by atoms with Crippen molar-refractivity contribution in [1.29, 1.82) is 0 Å². The van der Waals surface area contributed by atoms with Crippen LogP contribution in [0.15, 0.2) is 11.2 Å². The number of nitrogen functional groups attached to an aromatic ring is 1. The summed E-state index contributed by atoms with van der Waals surface area (Å²) in [5.41, 5.74) is 5.78. The first-order valence-electron chi connectivity index (χ1n) is 6.20. The third kappa shape index (κ3) is 3.49. The molecule has 0 amide bonds. The molecular weight excluding hydrogens is 248 g/mol. The smallest absolute Gasteiger partial charge is 0.191 e. The van der Waals surface area contributed by atoms with Gasteiger partial charge in [0, 0.05) is 26.3 Å². The molecule has 1 atom stereocenters. The molecule has 0 bridgehead atoms. The van der Waals surface area contributed by atoms with Crippen LogP contribution in [0.4, 0.5) is 11.6 Å². The minimum absolute atomic E-state index is 0.303. The number of rotatable bonds is 4. The summed E-state index contributed by atoms with van der Waals surface area (Å²) in [4.78, 5) is 10.7. The number of thioether (sulfide) groups is 1. The fourth-order valence-electron chi connectivity index (χ4n) is 2.07. The molecule has 0 radical (unpaired) electrons. The van der Waals surface area contributed by atoms with Crippen molar-refractivity contribution in [3.8, 4) is 0 Å². The van der Waals surface area contributed by atoms with Crippen molar-refractivity contribution in [3.05, 3.63) is 6.07 Å². The normalized spacial score (nSPS) is 19.8. The van der Waals surface area contributed by atoms with E-state index in [0.717, 1.165) is 25.4 Å². The molecule has 0 aliphatic carbocycles. The van der Waals surface area contributed by atoms with Gasteiger partial charge in [-0.05, 0) is 25.5 Å². The first-order valence-corrected chi connectivity index (χ1v) is 7.43. The van der Waals surface area contributed by atoms with Crippen LogP contribution in [0.25, 0.3) is 0 Å². The fourth-order valence-corrected chi connectivity index (χ4v) is 2.45. The second-order valence-corrected chi connectivity index (χ2v) is 5.28. The van der Waals surface area contributed by atoms with Gasteiger partial charge in [-0.1, -0.05) is 11.8 Å². The number of anilines is 2. The van der Waals surface area contributed by atoms with Gasteiger partial charge < -0.3 is 15.4 Å². The summed E-state index contributed by atoms with van der Waals surface area (Å²) in [6.07, 6.45) is 5.80. The Hall–Kier alpha value is -1.01. The minimum atomic E-state index is 0.303. The van der Waals surface area contributed by atoms with Crippen LogP contribution >= 0.6 is 11.8 Å². The maximum Gasteiger partial charge on any atom is 0.191 e. The van der Waals surface area contributed by atoms with Gasteiger partial charge in [-0.2, -0.15) is 0 Å². The molecule has 1 aromatic heterocycles. The summed E-state index contributed by atoms with van der Waals surface area (Å²) in [6.45, 7) is 1.73. The van der Waals surface area contributed by atoms with Gasteiger partial charge in [-0.3, -0.25) is 0 Å². The lowest BCUT2D eigenvalue weighted by molar-refractivity contribution is 0.0215. The van der Waals surface area contributed by atoms with Crippen LogP contribution < -0.4 is 10.6 Å². The molecule has 0 saturated carbocycles. The summed E-state index contributed by atoms with van der Waals surface area (Å²) in [5, 5.41) is 0.710.